The zero-order valence-corrected chi connectivity index (χ0v) is 16.0. The van der Waals surface area contributed by atoms with E-state index in [1.807, 2.05) is 48.5 Å². The number of benzene rings is 2. The molecule has 6 nitrogen and oxygen atoms in total. The molecule has 1 amide bonds. The lowest BCUT2D eigenvalue weighted by Crippen LogP contribution is -2.13. The summed E-state index contributed by atoms with van der Waals surface area (Å²) in [7, 11) is 0. The molecule has 4 rings (SSSR count). The fourth-order valence-electron chi connectivity index (χ4n) is 2.66. The van der Waals surface area contributed by atoms with Gasteiger partial charge in [-0.25, -0.2) is 0 Å². The topological polar surface area (TPSA) is 73.0 Å². The Balaban J connectivity index is 1.49. The number of hydrogen-bond acceptors (Lipinski definition) is 4. The average molecular weight is 413 g/mol. The Kier molecular flexibility index (Phi) is 5.14. The van der Waals surface area contributed by atoms with Gasteiger partial charge in [0.05, 0.1) is 6.54 Å². The van der Waals surface area contributed by atoms with Gasteiger partial charge >= 0.3 is 0 Å². The molecule has 140 valence electrons. The smallest absolute Gasteiger partial charge is 0.279 e. The Labute approximate surface area is 170 Å². The molecular formula is C20H14Cl2N4O2. The summed E-state index contributed by atoms with van der Waals surface area (Å²) in [6, 6.07) is 18.4. The van der Waals surface area contributed by atoms with Gasteiger partial charge in [-0.05, 0) is 11.6 Å². The molecule has 2 aromatic heterocycles. The lowest BCUT2D eigenvalue weighted by atomic mass is 10.1. The second kappa shape index (κ2) is 7.88. The second-order valence-corrected chi connectivity index (χ2v) is 6.83. The molecule has 2 heterocycles. The molecule has 0 radical (unpaired) electrons. The van der Waals surface area contributed by atoms with E-state index in [1.165, 1.54) is 0 Å². The van der Waals surface area contributed by atoms with Crippen molar-refractivity contribution >= 4 is 34.9 Å². The number of nitrogens with zero attached hydrogens (tertiary/aromatic N) is 3. The van der Waals surface area contributed by atoms with Gasteiger partial charge in [0, 0.05) is 22.8 Å². The Morgan fingerprint density at radius 3 is 2.57 bits per heavy atom. The molecule has 2 aromatic carbocycles. The van der Waals surface area contributed by atoms with Crippen molar-refractivity contribution in [3.8, 4) is 11.3 Å². The van der Waals surface area contributed by atoms with Gasteiger partial charge in [0.15, 0.2) is 17.3 Å². The highest BCUT2D eigenvalue weighted by Crippen LogP contribution is 2.24. The molecule has 0 aliphatic carbocycles. The molecule has 0 aliphatic heterocycles. The van der Waals surface area contributed by atoms with Gasteiger partial charge < -0.3 is 9.84 Å². The molecule has 0 aliphatic rings. The van der Waals surface area contributed by atoms with Crippen LogP contribution in [0.5, 0.6) is 0 Å². The van der Waals surface area contributed by atoms with Crippen molar-refractivity contribution in [2.45, 2.75) is 6.54 Å². The summed E-state index contributed by atoms with van der Waals surface area (Å²) in [5.74, 6) is 0.278. The number of carbonyl (C=O) groups is 1. The lowest BCUT2D eigenvalue weighted by Gasteiger charge is -2.04. The zero-order chi connectivity index (χ0) is 19.5. The SMILES string of the molecule is O=C(Nc1nn(Cc2ccccc2Cl)cc1Cl)c1cc(-c2ccccc2)on1. The average Bonchev–Trinajstić information content (AvgIpc) is 3.32. The summed E-state index contributed by atoms with van der Waals surface area (Å²) in [6.45, 7) is 0.428. The Bertz CT molecular complexity index is 1120. The van der Waals surface area contributed by atoms with Gasteiger partial charge in [0.1, 0.15) is 5.02 Å². The molecule has 0 bridgehead atoms. The minimum atomic E-state index is -0.462. The van der Waals surface area contributed by atoms with Crippen LogP contribution >= 0.6 is 23.2 Å². The Morgan fingerprint density at radius 1 is 1.04 bits per heavy atom. The van der Waals surface area contributed by atoms with E-state index < -0.39 is 5.91 Å². The summed E-state index contributed by atoms with van der Waals surface area (Å²) >= 11 is 12.4. The molecular weight excluding hydrogens is 399 g/mol. The first-order chi connectivity index (χ1) is 13.6. The number of halogens is 2. The monoisotopic (exact) mass is 412 g/mol. The van der Waals surface area contributed by atoms with Gasteiger partial charge in [-0.1, -0.05) is 76.9 Å². The highest BCUT2D eigenvalue weighted by atomic mass is 35.5. The van der Waals surface area contributed by atoms with E-state index in [-0.39, 0.29) is 11.5 Å². The molecule has 0 saturated carbocycles. The van der Waals surface area contributed by atoms with Crippen LogP contribution in [-0.2, 0) is 6.54 Å². The first-order valence-corrected chi connectivity index (χ1v) is 9.15. The van der Waals surface area contributed by atoms with Gasteiger partial charge in [-0.15, -0.1) is 0 Å². The molecule has 8 heteroatoms. The highest BCUT2D eigenvalue weighted by molar-refractivity contribution is 6.33. The first kappa shape index (κ1) is 18.3. The van der Waals surface area contributed by atoms with Crippen molar-refractivity contribution in [3.05, 3.63) is 88.2 Å². The number of aromatic nitrogens is 3. The largest absolute Gasteiger partial charge is 0.355 e. The normalized spacial score (nSPS) is 10.8. The van der Waals surface area contributed by atoms with Crippen LogP contribution in [0, 0.1) is 0 Å². The first-order valence-electron chi connectivity index (χ1n) is 8.40. The number of amides is 1. The standard InChI is InChI=1S/C20H14Cl2N4O2/c21-15-9-5-4-8-14(15)11-26-12-16(22)19(24-26)23-20(27)17-10-18(28-25-17)13-6-2-1-3-7-13/h1-10,12H,11H2,(H,23,24,27). The number of rotatable bonds is 5. The van der Waals surface area contributed by atoms with Crippen LogP contribution in [-0.4, -0.2) is 20.8 Å². The van der Waals surface area contributed by atoms with E-state index in [4.69, 9.17) is 27.7 Å². The van der Waals surface area contributed by atoms with Crippen LogP contribution in [0.15, 0.2) is 71.4 Å². The van der Waals surface area contributed by atoms with E-state index in [2.05, 4.69) is 15.6 Å². The van der Waals surface area contributed by atoms with Gasteiger partial charge in [-0.2, -0.15) is 5.10 Å². The van der Waals surface area contributed by atoms with E-state index in [1.54, 1.807) is 23.0 Å². The third-order valence-corrected chi connectivity index (χ3v) is 4.69. The maximum absolute atomic E-state index is 12.5. The summed E-state index contributed by atoms with van der Waals surface area (Å²) in [6.07, 6.45) is 1.62. The maximum Gasteiger partial charge on any atom is 0.279 e. The van der Waals surface area contributed by atoms with Crippen LogP contribution in [0.2, 0.25) is 10.0 Å². The molecule has 1 N–H and O–H groups in total. The minimum absolute atomic E-state index is 0.135. The third-order valence-electron chi connectivity index (χ3n) is 4.04. The van der Waals surface area contributed by atoms with Crippen LogP contribution < -0.4 is 5.32 Å². The number of anilines is 1. The summed E-state index contributed by atoms with van der Waals surface area (Å²) in [5, 5.41) is 11.7. The van der Waals surface area contributed by atoms with Crippen molar-refractivity contribution in [3.63, 3.8) is 0 Å². The quantitative estimate of drug-likeness (QED) is 0.492. The molecule has 0 unspecified atom stereocenters. The van der Waals surface area contributed by atoms with Crippen molar-refractivity contribution in [1.82, 2.24) is 14.9 Å². The second-order valence-electron chi connectivity index (χ2n) is 6.01. The zero-order valence-electron chi connectivity index (χ0n) is 14.5. The van der Waals surface area contributed by atoms with Crippen LogP contribution in [0.4, 0.5) is 5.82 Å². The minimum Gasteiger partial charge on any atom is -0.355 e. The lowest BCUT2D eigenvalue weighted by molar-refractivity contribution is 0.101. The fraction of sp³-hybridized carbons (Fsp3) is 0.0500. The Hall–Kier alpha value is -3.09. The summed E-state index contributed by atoms with van der Waals surface area (Å²) < 4.78 is 6.86. The van der Waals surface area contributed by atoms with Gasteiger partial charge in [0.2, 0.25) is 0 Å². The van der Waals surface area contributed by atoms with Crippen molar-refractivity contribution < 1.29 is 9.32 Å². The highest BCUT2D eigenvalue weighted by Gasteiger charge is 2.17. The predicted octanol–water partition coefficient (Wildman–Crippen LogP) is 5.15. The van der Waals surface area contributed by atoms with Crippen molar-refractivity contribution in [2.75, 3.05) is 5.32 Å². The summed E-state index contributed by atoms with van der Waals surface area (Å²) in [4.78, 5) is 12.5. The van der Waals surface area contributed by atoms with Gasteiger partial charge in [-0.3, -0.25) is 9.48 Å². The van der Waals surface area contributed by atoms with Crippen LogP contribution in [0.25, 0.3) is 11.3 Å². The van der Waals surface area contributed by atoms with Crippen LogP contribution in [0.3, 0.4) is 0 Å². The Morgan fingerprint density at radius 2 is 1.79 bits per heavy atom. The number of nitrogens with one attached hydrogen (secondary N) is 1. The van der Waals surface area contributed by atoms with Crippen molar-refractivity contribution in [1.29, 1.82) is 0 Å². The molecule has 4 aromatic rings. The van der Waals surface area contributed by atoms with Crippen molar-refractivity contribution in [2.24, 2.45) is 0 Å². The van der Waals surface area contributed by atoms with E-state index in [0.29, 0.717) is 22.4 Å². The van der Waals surface area contributed by atoms with Crippen LogP contribution in [0.1, 0.15) is 16.1 Å². The van der Waals surface area contributed by atoms with Gasteiger partial charge in [0.25, 0.3) is 5.91 Å². The molecule has 0 saturated heterocycles. The van der Waals surface area contributed by atoms with E-state index >= 15 is 0 Å². The molecule has 0 spiro atoms. The number of hydrogen-bond donors (Lipinski definition) is 1. The third kappa shape index (κ3) is 3.93. The molecule has 0 atom stereocenters. The molecule has 28 heavy (non-hydrogen) atoms. The number of carbonyl (C=O) groups excluding carboxylic acids is 1. The van der Waals surface area contributed by atoms with E-state index in [9.17, 15) is 4.79 Å². The maximum atomic E-state index is 12.5. The van der Waals surface area contributed by atoms with E-state index in [0.717, 1.165) is 11.1 Å². The summed E-state index contributed by atoms with van der Waals surface area (Å²) in [5.41, 5.74) is 1.86. The predicted molar refractivity (Wildman–Crippen MR) is 108 cm³/mol. The fourth-order valence-corrected chi connectivity index (χ4v) is 3.05. The molecule has 0 fully saturated rings.